The first kappa shape index (κ1) is 17.8. The van der Waals surface area contributed by atoms with Crippen molar-refractivity contribution >= 4 is 28.6 Å². The number of nitrogens with one attached hydrogen (secondary N) is 1. The number of hydrogen-bond donors (Lipinski definition) is 1. The molecule has 0 spiro atoms. The maximum atomic E-state index is 12.2. The molecule has 0 aliphatic heterocycles. The topological polar surface area (TPSA) is 65.8 Å². The van der Waals surface area contributed by atoms with E-state index in [2.05, 4.69) is 22.4 Å². The van der Waals surface area contributed by atoms with E-state index in [1.807, 2.05) is 26.0 Å². The Morgan fingerprint density at radius 2 is 2.04 bits per heavy atom. The molecule has 1 fully saturated rings. The second kappa shape index (κ2) is 7.88. The molecule has 5 heteroatoms. The molecule has 1 aliphatic rings. The van der Waals surface area contributed by atoms with Crippen LogP contribution in [0.3, 0.4) is 0 Å². The molecule has 1 heterocycles. The highest BCUT2D eigenvalue weighted by atomic mass is 32.2. The van der Waals surface area contributed by atoms with Gasteiger partial charge in [-0.15, -0.1) is 0 Å². The molecule has 1 aromatic carbocycles. The number of carbonyl (C=O) groups is 1. The quantitative estimate of drug-likeness (QED) is 0.834. The molecular formula is C20H23N3OS. The first-order chi connectivity index (χ1) is 12.1. The van der Waals surface area contributed by atoms with E-state index in [1.54, 1.807) is 0 Å². The Kier molecular flexibility index (Phi) is 5.60. The molecule has 0 atom stereocenters. The fourth-order valence-electron chi connectivity index (χ4n) is 3.47. The fourth-order valence-corrected chi connectivity index (χ4v) is 4.24. The predicted molar refractivity (Wildman–Crippen MR) is 102 cm³/mol. The maximum absolute atomic E-state index is 12.2. The molecule has 0 saturated heterocycles. The van der Waals surface area contributed by atoms with Crippen molar-refractivity contribution in [3.05, 3.63) is 34.9 Å². The summed E-state index contributed by atoms with van der Waals surface area (Å²) in [6.07, 6.45) is 5.81. The molecule has 0 radical (unpaired) electrons. The zero-order valence-corrected chi connectivity index (χ0v) is 15.6. The lowest BCUT2D eigenvalue weighted by Gasteiger charge is -2.22. The van der Waals surface area contributed by atoms with Crippen LogP contribution in [0, 0.1) is 25.2 Å². The number of thioether (sulfide) groups is 1. The van der Waals surface area contributed by atoms with Crippen LogP contribution >= 0.6 is 11.8 Å². The van der Waals surface area contributed by atoms with Crippen molar-refractivity contribution in [1.29, 1.82) is 5.26 Å². The summed E-state index contributed by atoms with van der Waals surface area (Å²) in [7, 11) is 0. The van der Waals surface area contributed by atoms with Crippen LogP contribution < -0.4 is 5.32 Å². The van der Waals surface area contributed by atoms with Gasteiger partial charge in [-0.1, -0.05) is 42.7 Å². The van der Waals surface area contributed by atoms with Crippen molar-refractivity contribution < 1.29 is 4.79 Å². The van der Waals surface area contributed by atoms with Crippen molar-refractivity contribution in [2.24, 2.45) is 0 Å². The highest BCUT2D eigenvalue weighted by molar-refractivity contribution is 8.00. The van der Waals surface area contributed by atoms with Gasteiger partial charge in [0.1, 0.15) is 11.1 Å². The Morgan fingerprint density at radius 1 is 1.28 bits per heavy atom. The van der Waals surface area contributed by atoms with Crippen LogP contribution in [0.5, 0.6) is 0 Å². The van der Waals surface area contributed by atoms with E-state index in [0.717, 1.165) is 34.9 Å². The number of nitriles is 1. The van der Waals surface area contributed by atoms with Gasteiger partial charge in [0.2, 0.25) is 5.91 Å². The molecule has 4 nitrogen and oxygen atoms in total. The highest BCUT2D eigenvalue weighted by Gasteiger charge is 2.17. The van der Waals surface area contributed by atoms with Crippen LogP contribution in [-0.4, -0.2) is 22.7 Å². The first-order valence-corrected chi connectivity index (χ1v) is 9.79. The monoisotopic (exact) mass is 353 g/mol. The molecule has 25 heavy (non-hydrogen) atoms. The van der Waals surface area contributed by atoms with E-state index in [1.165, 1.54) is 31.0 Å². The number of amides is 1. The Balaban J connectivity index is 1.74. The molecule has 1 N–H and O–H groups in total. The number of carbonyl (C=O) groups excluding carboxylic acids is 1. The van der Waals surface area contributed by atoms with Gasteiger partial charge in [0.25, 0.3) is 0 Å². The second-order valence-corrected chi connectivity index (χ2v) is 7.76. The predicted octanol–water partition coefficient (Wildman–Crippen LogP) is 4.26. The summed E-state index contributed by atoms with van der Waals surface area (Å²) in [5, 5.41) is 14.2. The standard InChI is InChI=1S/C20H23N3OS/c1-13-8-14(2)19-15(9-13)10-16(11-21)20(23-19)25-12-18(24)22-17-6-4-3-5-7-17/h8-10,17H,3-7,12H2,1-2H3,(H,22,24). The van der Waals surface area contributed by atoms with Gasteiger partial charge < -0.3 is 5.32 Å². The zero-order valence-electron chi connectivity index (χ0n) is 14.8. The van der Waals surface area contributed by atoms with Crippen LogP contribution in [0.1, 0.15) is 48.8 Å². The number of pyridine rings is 1. The number of nitrogens with zero attached hydrogens (tertiary/aromatic N) is 2. The minimum Gasteiger partial charge on any atom is -0.353 e. The minimum atomic E-state index is 0.0308. The molecule has 0 bridgehead atoms. The normalized spacial score (nSPS) is 15.1. The number of rotatable bonds is 4. The summed E-state index contributed by atoms with van der Waals surface area (Å²) in [6, 6.07) is 8.54. The van der Waals surface area contributed by atoms with Crippen molar-refractivity contribution in [2.45, 2.75) is 57.0 Å². The lowest BCUT2D eigenvalue weighted by molar-refractivity contribution is -0.119. The number of hydrogen-bond acceptors (Lipinski definition) is 4. The highest BCUT2D eigenvalue weighted by Crippen LogP contribution is 2.27. The van der Waals surface area contributed by atoms with E-state index < -0.39 is 0 Å². The zero-order chi connectivity index (χ0) is 17.8. The molecule has 1 aliphatic carbocycles. The third-order valence-electron chi connectivity index (χ3n) is 4.65. The van der Waals surface area contributed by atoms with Gasteiger partial charge in [0.05, 0.1) is 16.8 Å². The first-order valence-electron chi connectivity index (χ1n) is 8.81. The Hall–Kier alpha value is -2.06. The number of benzene rings is 1. The Bertz CT molecular complexity index is 835. The van der Waals surface area contributed by atoms with Gasteiger partial charge in [-0.25, -0.2) is 4.98 Å². The molecule has 130 valence electrons. The molecule has 1 amide bonds. The van der Waals surface area contributed by atoms with Gasteiger partial charge in [-0.05, 0) is 44.4 Å². The lowest BCUT2D eigenvalue weighted by Crippen LogP contribution is -2.37. The largest absolute Gasteiger partial charge is 0.353 e. The van der Waals surface area contributed by atoms with Gasteiger partial charge in [-0.2, -0.15) is 5.26 Å². The van der Waals surface area contributed by atoms with Crippen LogP contribution in [0.4, 0.5) is 0 Å². The van der Waals surface area contributed by atoms with Crippen molar-refractivity contribution in [3.63, 3.8) is 0 Å². The average molecular weight is 353 g/mol. The summed E-state index contributed by atoms with van der Waals surface area (Å²) in [5.41, 5.74) is 3.68. The maximum Gasteiger partial charge on any atom is 0.230 e. The lowest BCUT2D eigenvalue weighted by atomic mass is 9.95. The van der Waals surface area contributed by atoms with Crippen LogP contribution in [-0.2, 0) is 4.79 Å². The van der Waals surface area contributed by atoms with Crippen molar-refractivity contribution in [2.75, 3.05) is 5.75 Å². The third-order valence-corrected chi connectivity index (χ3v) is 5.64. The summed E-state index contributed by atoms with van der Waals surface area (Å²) in [4.78, 5) is 16.9. The third kappa shape index (κ3) is 4.32. The Morgan fingerprint density at radius 3 is 2.76 bits per heavy atom. The Labute approximate surface area is 153 Å². The molecule has 0 unspecified atom stereocenters. The van der Waals surface area contributed by atoms with Gasteiger partial charge in [0.15, 0.2) is 0 Å². The van der Waals surface area contributed by atoms with Crippen molar-refractivity contribution in [3.8, 4) is 6.07 Å². The molecule has 1 aromatic heterocycles. The minimum absolute atomic E-state index is 0.0308. The molecular weight excluding hydrogens is 330 g/mol. The van der Waals surface area contributed by atoms with E-state index >= 15 is 0 Å². The van der Waals surface area contributed by atoms with Gasteiger partial charge >= 0.3 is 0 Å². The summed E-state index contributed by atoms with van der Waals surface area (Å²) < 4.78 is 0. The average Bonchev–Trinajstić information content (AvgIpc) is 2.60. The van der Waals surface area contributed by atoms with Crippen molar-refractivity contribution in [1.82, 2.24) is 10.3 Å². The van der Waals surface area contributed by atoms with E-state index in [4.69, 9.17) is 0 Å². The van der Waals surface area contributed by atoms with Crippen LogP contribution in [0.15, 0.2) is 23.2 Å². The van der Waals surface area contributed by atoms with Crippen LogP contribution in [0.2, 0.25) is 0 Å². The van der Waals surface area contributed by atoms with Gasteiger partial charge in [0, 0.05) is 11.4 Å². The van der Waals surface area contributed by atoms with E-state index in [0.29, 0.717) is 22.4 Å². The summed E-state index contributed by atoms with van der Waals surface area (Å²) in [5.74, 6) is 0.331. The molecule has 1 saturated carbocycles. The van der Waals surface area contributed by atoms with Gasteiger partial charge in [-0.3, -0.25) is 4.79 Å². The smallest absolute Gasteiger partial charge is 0.230 e. The molecule has 3 rings (SSSR count). The van der Waals surface area contributed by atoms with Crippen LogP contribution in [0.25, 0.3) is 10.9 Å². The second-order valence-electron chi connectivity index (χ2n) is 6.80. The number of aromatic nitrogens is 1. The fraction of sp³-hybridized carbons (Fsp3) is 0.450. The molecule has 2 aromatic rings. The number of fused-ring (bicyclic) bond motifs is 1. The van der Waals surface area contributed by atoms with E-state index in [-0.39, 0.29) is 5.91 Å². The van der Waals surface area contributed by atoms with E-state index in [9.17, 15) is 10.1 Å². The number of aryl methyl sites for hydroxylation is 2. The summed E-state index contributed by atoms with van der Waals surface area (Å²) in [6.45, 7) is 4.06. The summed E-state index contributed by atoms with van der Waals surface area (Å²) >= 11 is 1.35. The SMILES string of the molecule is Cc1cc(C)c2nc(SCC(=O)NC3CCCCC3)c(C#N)cc2c1.